The summed E-state index contributed by atoms with van der Waals surface area (Å²) in [5, 5.41) is 8.72. The lowest BCUT2D eigenvalue weighted by molar-refractivity contribution is -0.131. The summed E-state index contributed by atoms with van der Waals surface area (Å²) in [7, 11) is 0. The third-order valence-corrected chi connectivity index (χ3v) is 3.81. The molecule has 2 aromatic heterocycles. The van der Waals surface area contributed by atoms with Crippen molar-refractivity contribution in [1.29, 1.82) is 0 Å². The van der Waals surface area contributed by atoms with Crippen molar-refractivity contribution in [3.63, 3.8) is 0 Å². The molecule has 23 heavy (non-hydrogen) atoms. The van der Waals surface area contributed by atoms with Gasteiger partial charge in [-0.2, -0.15) is 10.2 Å². The van der Waals surface area contributed by atoms with Gasteiger partial charge in [0.25, 0.3) is 0 Å². The van der Waals surface area contributed by atoms with Gasteiger partial charge in [-0.1, -0.05) is 0 Å². The number of fused-ring (bicyclic) bond motifs is 1. The summed E-state index contributed by atoms with van der Waals surface area (Å²) in [6.45, 7) is 7.71. The summed E-state index contributed by atoms with van der Waals surface area (Å²) in [5.41, 5.74) is 4.01. The first-order chi connectivity index (χ1) is 11.0. The Labute approximate surface area is 134 Å². The van der Waals surface area contributed by atoms with Crippen molar-refractivity contribution in [1.82, 2.24) is 14.8 Å². The summed E-state index contributed by atoms with van der Waals surface area (Å²) >= 11 is 0. The molecule has 0 amide bonds. The Hall–Kier alpha value is -2.69. The molecule has 0 saturated carbocycles. The first-order valence-corrected chi connectivity index (χ1v) is 7.58. The average Bonchev–Trinajstić information content (AvgIpc) is 2.85. The maximum Gasteiger partial charge on any atom is 0.308 e. The molecule has 0 unspecified atom stereocenters. The monoisotopic (exact) mass is 309 g/mol. The number of hydrogen-bond acceptors (Lipinski definition) is 4. The second-order valence-electron chi connectivity index (χ2n) is 5.91. The molecule has 3 rings (SSSR count). The minimum atomic E-state index is -0.326. The number of hydrogen-bond donors (Lipinski definition) is 0. The first-order valence-electron chi connectivity index (χ1n) is 7.58. The van der Waals surface area contributed by atoms with E-state index in [0.29, 0.717) is 11.8 Å². The summed E-state index contributed by atoms with van der Waals surface area (Å²) < 4.78 is 7.67. The van der Waals surface area contributed by atoms with Gasteiger partial charge in [-0.15, -0.1) is 0 Å². The number of esters is 1. The van der Waals surface area contributed by atoms with Crippen LogP contribution in [0.3, 0.4) is 0 Å². The van der Waals surface area contributed by atoms with E-state index in [1.807, 2.05) is 19.1 Å². The molecule has 0 saturated heterocycles. The zero-order valence-corrected chi connectivity index (χ0v) is 13.7. The largest absolute Gasteiger partial charge is 0.426 e. The Balaban J connectivity index is 2.31. The Morgan fingerprint density at radius 2 is 2.00 bits per heavy atom. The van der Waals surface area contributed by atoms with E-state index < -0.39 is 0 Å². The second-order valence-corrected chi connectivity index (χ2v) is 5.91. The van der Waals surface area contributed by atoms with Gasteiger partial charge in [-0.05, 0) is 50.1 Å². The van der Waals surface area contributed by atoms with Crippen LogP contribution in [0, 0.1) is 6.92 Å². The highest BCUT2D eigenvalue weighted by Gasteiger charge is 2.16. The summed E-state index contributed by atoms with van der Waals surface area (Å²) in [5.74, 6) is 0.256. The van der Waals surface area contributed by atoms with Crippen molar-refractivity contribution in [2.75, 3.05) is 0 Å². The van der Waals surface area contributed by atoms with Crippen LogP contribution in [0.15, 0.2) is 36.8 Å². The number of aryl methyl sites for hydroxylation is 1. The second kappa shape index (κ2) is 5.83. The lowest BCUT2D eigenvalue weighted by Crippen LogP contribution is -2.03. The molecular weight excluding hydrogens is 290 g/mol. The van der Waals surface area contributed by atoms with Crippen molar-refractivity contribution in [3.8, 4) is 16.9 Å². The fourth-order valence-corrected chi connectivity index (χ4v) is 2.83. The minimum Gasteiger partial charge on any atom is -0.426 e. The van der Waals surface area contributed by atoms with Gasteiger partial charge in [0.05, 0.1) is 17.9 Å². The SMILES string of the molecule is CC(=O)Oc1cc(-c2ccnnc2)cc2c1c(C)cn2C(C)C. The fourth-order valence-electron chi connectivity index (χ4n) is 2.83. The Kier molecular flexibility index (Phi) is 3.86. The number of nitrogens with zero attached hydrogens (tertiary/aromatic N) is 3. The van der Waals surface area contributed by atoms with Gasteiger partial charge in [0.15, 0.2) is 0 Å². The van der Waals surface area contributed by atoms with E-state index in [1.54, 1.807) is 12.4 Å². The van der Waals surface area contributed by atoms with Crippen LogP contribution < -0.4 is 4.74 Å². The standard InChI is InChI=1S/C18H19N3O2/c1-11(2)21-10-12(3)18-16(21)7-15(8-17(18)23-13(4)22)14-5-6-19-20-9-14/h5-11H,1-4H3. The van der Waals surface area contributed by atoms with E-state index >= 15 is 0 Å². The molecule has 0 radical (unpaired) electrons. The summed E-state index contributed by atoms with van der Waals surface area (Å²) in [6, 6.07) is 6.19. The van der Waals surface area contributed by atoms with Crippen molar-refractivity contribution in [2.24, 2.45) is 0 Å². The van der Waals surface area contributed by atoms with Crippen LogP contribution in [0.4, 0.5) is 0 Å². The number of ether oxygens (including phenoxy) is 1. The van der Waals surface area contributed by atoms with Crippen molar-refractivity contribution < 1.29 is 9.53 Å². The van der Waals surface area contributed by atoms with Crippen LogP contribution in [0.2, 0.25) is 0 Å². The number of rotatable bonds is 3. The number of benzene rings is 1. The van der Waals surface area contributed by atoms with Crippen LogP contribution in [0.25, 0.3) is 22.0 Å². The molecule has 0 aliphatic heterocycles. The molecule has 5 heteroatoms. The molecule has 0 bridgehead atoms. The van der Waals surface area contributed by atoms with E-state index in [1.165, 1.54) is 6.92 Å². The quantitative estimate of drug-likeness (QED) is 0.543. The van der Waals surface area contributed by atoms with Crippen LogP contribution in [-0.4, -0.2) is 20.7 Å². The highest BCUT2D eigenvalue weighted by Crippen LogP contribution is 2.36. The highest BCUT2D eigenvalue weighted by molar-refractivity contribution is 5.95. The maximum atomic E-state index is 11.5. The number of carbonyl (C=O) groups is 1. The van der Waals surface area contributed by atoms with Gasteiger partial charge in [0, 0.05) is 30.1 Å². The van der Waals surface area contributed by atoms with Gasteiger partial charge in [0.1, 0.15) is 5.75 Å². The molecule has 3 aromatic rings. The number of aromatic nitrogens is 3. The molecule has 5 nitrogen and oxygen atoms in total. The van der Waals surface area contributed by atoms with Gasteiger partial charge in [0.2, 0.25) is 0 Å². The molecule has 2 heterocycles. The third kappa shape index (κ3) is 2.82. The molecule has 0 fully saturated rings. The van der Waals surface area contributed by atoms with Crippen LogP contribution >= 0.6 is 0 Å². The smallest absolute Gasteiger partial charge is 0.308 e. The Morgan fingerprint density at radius 1 is 1.22 bits per heavy atom. The van der Waals surface area contributed by atoms with Crippen molar-refractivity contribution in [3.05, 3.63) is 42.4 Å². The Bertz CT molecular complexity index is 867. The van der Waals surface area contributed by atoms with E-state index in [-0.39, 0.29) is 5.97 Å². The van der Waals surface area contributed by atoms with Crippen LogP contribution in [0.5, 0.6) is 5.75 Å². The molecule has 0 spiro atoms. The zero-order chi connectivity index (χ0) is 16.6. The molecule has 0 aliphatic carbocycles. The molecule has 0 atom stereocenters. The maximum absolute atomic E-state index is 11.5. The first kappa shape index (κ1) is 15.2. The van der Waals surface area contributed by atoms with E-state index in [4.69, 9.17) is 4.74 Å². The van der Waals surface area contributed by atoms with E-state index in [9.17, 15) is 4.79 Å². The lowest BCUT2D eigenvalue weighted by atomic mass is 10.0. The van der Waals surface area contributed by atoms with E-state index in [2.05, 4.69) is 40.9 Å². The number of carbonyl (C=O) groups excluding carboxylic acids is 1. The Morgan fingerprint density at radius 3 is 2.61 bits per heavy atom. The predicted octanol–water partition coefficient (Wildman–Crippen LogP) is 3.91. The summed E-state index contributed by atoms with van der Waals surface area (Å²) in [6.07, 6.45) is 5.45. The third-order valence-electron chi connectivity index (χ3n) is 3.81. The molecule has 0 N–H and O–H groups in total. The van der Waals surface area contributed by atoms with Gasteiger partial charge >= 0.3 is 5.97 Å². The minimum absolute atomic E-state index is 0.308. The topological polar surface area (TPSA) is 57.0 Å². The predicted molar refractivity (Wildman–Crippen MR) is 89.4 cm³/mol. The summed E-state index contributed by atoms with van der Waals surface area (Å²) in [4.78, 5) is 11.5. The molecule has 118 valence electrons. The average molecular weight is 309 g/mol. The highest BCUT2D eigenvalue weighted by atomic mass is 16.5. The van der Waals surface area contributed by atoms with Crippen molar-refractivity contribution in [2.45, 2.75) is 33.7 Å². The van der Waals surface area contributed by atoms with Crippen molar-refractivity contribution >= 4 is 16.9 Å². The molecule has 1 aromatic carbocycles. The molecular formula is C18H19N3O2. The zero-order valence-electron chi connectivity index (χ0n) is 13.7. The van der Waals surface area contributed by atoms with Gasteiger partial charge in [-0.25, -0.2) is 0 Å². The fraction of sp³-hybridized carbons (Fsp3) is 0.278. The van der Waals surface area contributed by atoms with Gasteiger partial charge < -0.3 is 9.30 Å². The normalized spacial score (nSPS) is 11.2. The van der Waals surface area contributed by atoms with Crippen LogP contribution in [-0.2, 0) is 4.79 Å². The van der Waals surface area contributed by atoms with E-state index in [0.717, 1.165) is 27.6 Å². The lowest BCUT2D eigenvalue weighted by Gasteiger charge is -2.12. The van der Waals surface area contributed by atoms with Gasteiger partial charge in [-0.3, -0.25) is 4.79 Å². The van der Waals surface area contributed by atoms with Crippen LogP contribution in [0.1, 0.15) is 32.4 Å². The molecule has 0 aliphatic rings.